The molecule has 200 valence electrons. The van der Waals surface area contributed by atoms with Gasteiger partial charge in [-0.15, -0.1) is 0 Å². The van der Waals surface area contributed by atoms with Gasteiger partial charge in [0.25, 0.3) is 0 Å². The summed E-state index contributed by atoms with van der Waals surface area (Å²) in [6.45, 7) is 4.66. The van der Waals surface area contributed by atoms with Gasteiger partial charge >= 0.3 is 12.2 Å². The van der Waals surface area contributed by atoms with Crippen LogP contribution in [-0.4, -0.2) is 30.7 Å². The smallest absolute Gasteiger partial charge is 0.408 e. The topological polar surface area (TPSA) is 106 Å². The van der Waals surface area contributed by atoms with E-state index in [1.54, 1.807) is 0 Å². The number of hydrogen-bond acceptors (Lipinski definition) is 5. The lowest BCUT2D eigenvalue weighted by molar-refractivity contribution is -0.118. The van der Waals surface area contributed by atoms with Crippen molar-refractivity contribution in [1.29, 1.82) is 0 Å². The van der Waals surface area contributed by atoms with Gasteiger partial charge < -0.3 is 25.4 Å². The second-order valence-corrected chi connectivity index (χ2v) is 9.03. The van der Waals surface area contributed by atoms with Crippen LogP contribution in [0.2, 0.25) is 0 Å². The van der Waals surface area contributed by atoms with Gasteiger partial charge in [-0.2, -0.15) is 0 Å². The molecule has 0 saturated carbocycles. The third kappa shape index (κ3) is 9.97. The number of carbonyl (C=O) groups is 3. The monoisotopic (exact) mass is 517 g/mol. The van der Waals surface area contributed by atoms with Gasteiger partial charge in [-0.1, -0.05) is 66.7 Å². The van der Waals surface area contributed by atoms with E-state index in [1.807, 2.05) is 92.7 Å². The van der Waals surface area contributed by atoms with Crippen LogP contribution in [0.3, 0.4) is 0 Å². The van der Waals surface area contributed by atoms with Gasteiger partial charge in [0.2, 0.25) is 5.91 Å². The van der Waals surface area contributed by atoms with Crippen LogP contribution in [-0.2, 0) is 27.5 Å². The molecule has 0 aliphatic carbocycles. The maximum Gasteiger partial charge on any atom is 0.408 e. The highest BCUT2D eigenvalue weighted by Crippen LogP contribution is 2.15. The lowest BCUT2D eigenvalue weighted by Gasteiger charge is -2.19. The summed E-state index contributed by atoms with van der Waals surface area (Å²) in [5.74, 6) is -0.333. The standard InChI is InChI=1S/C30H35N3O5/c1-22-16-17-26(19-23(22)2)32-28(34)27(33-30(36)38-21-25-13-7-4-8-14-25)15-9-10-18-31-29(35)37-20-24-11-5-3-6-12-24/h3-8,11-14,16-17,19,27H,9-10,15,18,20-21H2,1-2H3,(H,31,35)(H,32,34)(H,33,36)/t27-/m1/s1. The number of carbonyl (C=O) groups excluding carboxylic acids is 3. The average Bonchev–Trinajstić information content (AvgIpc) is 2.93. The molecule has 0 unspecified atom stereocenters. The molecule has 0 aromatic heterocycles. The van der Waals surface area contributed by atoms with Crippen molar-refractivity contribution in [2.45, 2.75) is 52.4 Å². The van der Waals surface area contributed by atoms with E-state index in [1.165, 1.54) is 0 Å². The van der Waals surface area contributed by atoms with E-state index in [0.29, 0.717) is 31.5 Å². The van der Waals surface area contributed by atoms with Crippen LogP contribution in [0, 0.1) is 13.8 Å². The normalized spacial score (nSPS) is 11.2. The number of alkyl carbamates (subject to hydrolysis) is 2. The minimum Gasteiger partial charge on any atom is -0.445 e. The molecule has 0 radical (unpaired) electrons. The van der Waals surface area contributed by atoms with E-state index in [9.17, 15) is 14.4 Å². The highest BCUT2D eigenvalue weighted by atomic mass is 16.6. The van der Waals surface area contributed by atoms with Crippen molar-refractivity contribution >= 4 is 23.8 Å². The largest absolute Gasteiger partial charge is 0.445 e. The molecule has 3 aromatic rings. The lowest BCUT2D eigenvalue weighted by Crippen LogP contribution is -2.44. The van der Waals surface area contributed by atoms with Gasteiger partial charge in [-0.3, -0.25) is 4.79 Å². The average molecular weight is 518 g/mol. The first kappa shape index (κ1) is 28.2. The molecule has 3 N–H and O–H groups in total. The van der Waals surface area contributed by atoms with E-state index in [0.717, 1.165) is 22.3 Å². The maximum atomic E-state index is 13.0. The summed E-state index contributed by atoms with van der Waals surface area (Å²) in [7, 11) is 0. The van der Waals surface area contributed by atoms with Crippen molar-refractivity contribution in [3.05, 3.63) is 101 Å². The zero-order valence-electron chi connectivity index (χ0n) is 21.9. The number of rotatable bonds is 12. The predicted molar refractivity (Wildman–Crippen MR) is 147 cm³/mol. The molecule has 0 bridgehead atoms. The first-order valence-electron chi connectivity index (χ1n) is 12.7. The highest BCUT2D eigenvalue weighted by Gasteiger charge is 2.21. The van der Waals surface area contributed by atoms with Crippen LogP contribution in [0.5, 0.6) is 0 Å². The number of aryl methyl sites for hydroxylation is 2. The van der Waals surface area contributed by atoms with Crippen LogP contribution in [0.25, 0.3) is 0 Å². The fourth-order valence-corrected chi connectivity index (χ4v) is 3.66. The Bertz CT molecular complexity index is 1190. The van der Waals surface area contributed by atoms with E-state index in [-0.39, 0.29) is 19.1 Å². The van der Waals surface area contributed by atoms with Crippen LogP contribution in [0.1, 0.15) is 41.5 Å². The molecule has 8 nitrogen and oxygen atoms in total. The number of hydrogen-bond donors (Lipinski definition) is 3. The fraction of sp³-hybridized carbons (Fsp3) is 0.300. The number of ether oxygens (including phenoxy) is 2. The van der Waals surface area contributed by atoms with E-state index < -0.39 is 18.2 Å². The zero-order chi connectivity index (χ0) is 27.2. The van der Waals surface area contributed by atoms with Gasteiger partial charge in [-0.05, 0) is 67.5 Å². The van der Waals surface area contributed by atoms with Crippen molar-refractivity contribution in [1.82, 2.24) is 10.6 Å². The Morgan fingerprint density at radius 1 is 0.737 bits per heavy atom. The van der Waals surface area contributed by atoms with Gasteiger partial charge in [-0.25, -0.2) is 9.59 Å². The Hall–Kier alpha value is -4.33. The first-order valence-corrected chi connectivity index (χ1v) is 12.7. The molecule has 0 aliphatic rings. The van der Waals surface area contributed by atoms with Crippen molar-refractivity contribution in [2.24, 2.45) is 0 Å². The van der Waals surface area contributed by atoms with Crippen LogP contribution in [0.4, 0.5) is 15.3 Å². The van der Waals surface area contributed by atoms with Crippen molar-refractivity contribution < 1.29 is 23.9 Å². The Morgan fingerprint density at radius 2 is 1.34 bits per heavy atom. The lowest BCUT2D eigenvalue weighted by atomic mass is 10.1. The predicted octanol–water partition coefficient (Wildman–Crippen LogP) is 5.63. The van der Waals surface area contributed by atoms with E-state index in [4.69, 9.17) is 9.47 Å². The minimum absolute atomic E-state index is 0.104. The van der Waals surface area contributed by atoms with Gasteiger partial charge in [0.1, 0.15) is 19.3 Å². The second kappa shape index (κ2) is 15.0. The number of anilines is 1. The van der Waals surface area contributed by atoms with Crippen molar-refractivity contribution in [3.63, 3.8) is 0 Å². The Labute approximate surface area is 223 Å². The third-order valence-corrected chi connectivity index (χ3v) is 6.00. The number of unbranched alkanes of at least 4 members (excludes halogenated alkanes) is 1. The quantitative estimate of drug-likeness (QED) is 0.270. The Kier molecular flexibility index (Phi) is 11.2. The zero-order valence-corrected chi connectivity index (χ0v) is 21.9. The van der Waals surface area contributed by atoms with E-state index >= 15 is 0 Å². The van der Waals surface area contributed by atoms with Gasteiger partial charge in [0.05, 0.1) is 0 Å². The summed E-state index contributed by atoms with van der Waals surface area (Å²) in [5.41, 5.74) is 4.59. The summed E-state index contributed by atoms with van der Waals surface area (Å²) in [6.07, 6.45) is 0.396. The number of amides is 3. The number of nitrogens with one attached hydrogen (secondary N) is 3. The van der Waals surface area contributed by atoms with Crippen LogP contribution in [0.15, 0.2) is 78.9 Å². The molecule has 0 saturated heterocycles. The molecule has 0 fully saturated rings. The summed E-state index contributed by atoms with van der Waals surface area (Å²) >= 11 is 0. The molecular weight excluding hydrogens is 482 g/mol. The summed E-state index contributed by atoms with van der Waals surface area (Å²) in [6, 6.07) is 23.6. The molecule has 3 rings (SSSR count). The highest BCUT2D eigenvalue weighted by molar-refractivity contribution is 5.96. The summed E-state index contributed by atoms with van der Waals surface area (Å²) in [5, 5.41) is 8.28. The van der Waals surface area contributed by atoms with Gasteiger partial charge in [0, 0.05) is 12.2 Å². The van der Waals surface area contributed by atoms with Gasteiger partial charge in [0.15, 0.2) is 0 Å². The first-order chi connectivity index (χ1) is 18.4. The fourth-order valence-electron chi connectivity index (χ4n) is 3.66. The molecule has 0 heterocycles. The second-order valence-electron chi connectivity index (χ2n) is 9.03. The molecule has 1 atom stereocenters. The molecule has 0 aliphatic heterocycles. The van der Waals surface area contributed by atoms with Crippen LogP contribution < -0.4 is 16.0 Å². The molecule has 3 amide bonds. The molecule has 0 spiro atoms. The molecule has 3 aromatic carbocycles. The van der Waals surface area contributed by atoms with Crippen molar-refractivity contribution in [2.75, 3.05) is 11.9 Å². The number of benzene rings is 3. The maximum absolute atomic E-state index is 13.0. The molecule has 8 heteroatoms. The molecular formula is C30H35N3O5. The Balaban J connectivity index is 1.47. The summed E-state index contributed by atoms with van der Waals surface area (Å²) in [4.78, 5) is 37.4. The Morgan fingerprint density at radius 3 is 1.95 bits per heavy atom. The summed E-state index contributed by atoms with van der Waals surface area (Å²) < 4.78 is 10.5. The van der Waals surface area contributed by atoms with Crippen molar-refractivity contribution in [3.8, 4) is 0 Å². The van der Waals surface area contributed by atoms with E-state index in [2.05, 4.69) is 16.0 Å². The SMILES string of the molecule is Cc1ccc(NC(=O)[C@@H](CCCCNC(=O)OCc2ccccc2)NC(=O)OCc2ccccc2)cc1C. The minimum atomic E-state index is -0.801. The van der Waals surface area contributed by atoms with Crippen LogP contribution >= 0.6 is 0 Å². The third-order valence-electron chi connectivity index (χ3n) is 6.00. The molecule has 38 heavy (non-hydrogen) atoms.